The smallest absolute Gasteiger partial charge is 0.306 e. The van der Waals surface area contributed by atoms with Gasteiger partial charge >= 0.3 is 11.9 Å². The summed E-state index contributed by atoms with van der Waals surface area (Å²) >= 11 is 0. The molecule has 61 heavy (non-hydrogen) atoms. The van der Waals surface area contributed by atoms with Crippen LogP contribution in [0.15, 0.2) is 0 Å². The van der Waals surface area contributed by atoms with E-state index in [1.807, 2.05) is 21.1 Å². The number of rotatable bonds is 49. The maximum atomic E-state index is 12.7. The van der Waals surface area contributed by atoms with Gasteiger partial charge in [0.15, 0.2) is 6.10 Å². The molecule has 0 heterocycles. The number of hydrogen-bond donors (Lipinski definition) is 0. The van der Waals surface area contributed by atoms with Crippen LogP contribution in [0.1, 0.15) is 264 Å². The Hall–Kier alpha value is -0.990. The van der Waals surface area contributed by atoms with Gasteiger partial charge in [0.25, 0.3) is 7.82 Å². The summed E-state index contributed by atoms with van der Waals surface area (Å²) in [6.07, 6.45) is 47.0. The number of unbranched alkanes of at least 4 members (excludes halogenated alkanes) is 35. The molecule has 364 valence electrons. The van der Waals surface area contributed by atoms with E-state index in [-0.39, 0.29) is 32.0 Å². The molecule has 0 saturated carbocycles. The molecule has 0 fully saturated rings. The lowest BCUT2D eigenvalue weighted by Crippen LogP contribution is -2.37. The number of nitrogens with zero attached hydrogens (tertiary/aromatic N) is 1. The maximum Gasteiger partial charge on any atom is 0.306 e. The van der Waals surface area contributed by atoms with E-state index in [9.17, 15) is 19.0 Å². The van der Waals surface area contributed by atoms with Crippen LogP contribution in [-0.2, 0) is 32.7 Å². The molecule has 0 aromatic carbocycles. The number of ether oxygens (including phenoxy) is 2. The van der Waals surface area contributed by atoms with Crippen molar-refractivity contribution in [2.75, 3.05) is 47.5 Å². The van der Waals surface area contributed by atoms with E-state index in [1.54, 1.807) is 0 Å². The fourth-order valence-electron chi connectivity index (χ4n) is 7.78. The first kappa shape index (κ1) is 60.0. The summed E-state index contributed by atoms with van der Waals surface area (Å²) in [5, 5.41) is 0. The van der Waals surface area contributed by atoms with Crippen LogP contribution in [0.4, 0.5) is 0 Å². The number of phosphoric ester groups is 1. The van der Waals surface area contributed by atoms with E-state index in [0.717, 1.165) is 32.1 Å². The van der Waals surface area contributed by atoms with Crippen molar-refractivity contribution >= 4 is 19.8 Å². The van der Waals surface area contributed by atoms with Gasteiger partial charge in [-0.3, -0.25) is 14.2 Å². The molecule has 0 amide bonds. The van der Waals surface area contributed by atoms with Crippen molar-refractivity contribution in [1.29, 1.82) is 0 Å². The van der Waals surface area contributed by atoms with Crippen molar-refractivity contribution in [3.8, 4) is 0 Å². The van der Waals surface area contributed by atoms with Crippen molar-refractivity contribution in [2.45, 2.75) is 270 Å². The Balaban J connectivity index is 4.16. The van der Waals surface area contributed by atoms with Gasteiger partial charge in [-0.05, 0) is 12.8 Å². The summed E-state index contributed by atoms with van der Waals surface area (Å²) in [6.45, 7) is 4.29. The maximum absolute atomic E-state index is 12.7. The van der Waals surface area contributed by atoms with Gasteiger partial charge < -0.3 is 27.9 Å². The Labute approximate surface area is 378 Å². The van der Waals surface area contributed by atoms with Gasteiger partial charge in [0.05, 0.1) is 27.7 Å². The molecular formula is C51H102NO8P. The second-order valence-electron chi connectivity index (χ2n) is 19.3. The minimum Gasteiger partial charge on any atom is -0.756 e. The van der Waals surface area contributed by atoms with Gasteiger partial charge in [0.2, 0.25) is 0 Å². The second kappa shape index (κ2) is 44.2. The van der Waals surface area contributed by atoms with Crippen LogP contribution in [0.5, 0.6) is 0 Å². The van der Waals surface area contributed by atoms with Crippen LogP contribution < -0.4 is 4.89 Å². The predicted molar refractivity (Wildman–Crippen MR) is 255 cm³/mol. The first-order chi connectivity index (χ1) is 29.5. The van der Waals surface area contributed by atoms with E-state index >= 15 is 0 Å². The zero-order valence-corrected chi connectivity index (χ0v) is 42.0. The SMILES string of the molecule is CCCCCCCCCCCCCCCCCCCCCCCCC(=O)OC(COC(=O)CCCCCCCCCCCCCCCCC)COP(=O)([O-])OCC[N+](C)(C)C. The number of carbonyl (C=O) groups excluding carboxylic acids is 2. The van der Waals surface area contributed by atoms with E-state index in [4.69, 9.17) is 18.5 Å². The normalized spacial score (nSPS) is 13.3. The summed E-state index contributed by atoms with van der Waals surface area (Å²) in [5.74, 6) is -0.813. The second-order valence-corrected chi connectivity index (χ2v) is 20.7. The molecule has 2 unspecified atom stereocenters. The van der Waals surface area contributed by atoms with Crippen LogP contribution in [-0.4, -0.2) is 70.0 Å². The molecule has 0 saturated heterocycles. The van der Waals surface area contributed by atoms with Gasteiger partial charge in [-0.15, -0.1) is 0 Å². The summed E-state index contributed by atoms with van der Waals surface area (Å²) in [7, 11) is 1.19. The standard InChI is InChI=1S/C51H102NO8P/c1-6-8-10-12-14-16-18-20-22-23-24-25-26-27-28-30-32-34-36-38-40-42-44-51(54)60-49(48-59-61(55,56)58-46-45-52(3,4)5)47-57-50(53)43-41-39-37-35-33-31-29-21-19-17-15-13-11-9-7-2/h49H,6-48H2,1-5H3. The zero-order valence-electron chi connectivity index (χ0n) is 41.1. The van der Waals surface area contributed by atoms with E-state index in [2.05, 4.69) is 13.8 Å². The highest BCUT2D eigenvalue weighted by Gasteiger charge is 2.21. The van der Waals surface area contributed by atoms with Crippen molar-refractivity contribution in [3.05, 3.63) is 0 Å². The van der Waals surface area contributed by atoms with Crippen molar-refractivity contribution in [1.82, 2.24) is 0 Å². The molecule has 10 heteroatoms. The van der Waals surface area contributed by atoms with Crippen molar-refractivity contribution < 1.29 is 42.1 Å². The lowest BCUT2D eigenvalue weighted by atomic mass is 10.0. The Morgan fingerprint density at radius 2 is 0.738 bits per heavy atom. The fourth-order valence-corrected chi connectivity index (χ4v) is 8.50. The van der Waals surface area contributed by atoms with Gasteiger partial charge in [-0.25, -0.2) is 0 Å². The summed E-state index contributed by atoms with van der Waals surface area (Å²) in [4.78, 5) is 37.7. The minimum absolute atomic E-state index is 0.0253. The molecule has 9 nitrogen and oxygen atoms in total. The number of esters is 2. The minimum atomic E-state index is -4.62. The Bertz CT molecular complexity index is 1010. The number of likely N-dealkylation sites (N-methyl/N-ethyl adjacent to an activating group) is 1. The van der Waals surface area contributed by atoms with E-state index < -0.39 is 26.5 Å². The topological polar surface area (TPSA) is 111 Å². The molecule has 0 aromatic rings. The highest BCUT2D eigenvalue weighted by atomic mass is 31.2. The number of quaternary nitrogens is 1. The monoisotopic (exact) mass is 888 g/mol. The first-order valence-electron chi connectivity index (χ1n) is 26.2. The highest BCUT2D eigenvalue weighted by molar-refractivity contribution is 7.45. The van der Waals surface area contributed by atoms with Crippen LogP contribution in [0.25, 0.3) is 0 Å². The van der Waals surface area contributed by atoms with E-state index in [0.29, 0.717) is 17.4 Å². The molecule has 0 bridgehead atoms. The van der Waals surface area contributed by atoms with Crippen LogP contribution in [0.3, 0.4) is 0 Å². The largest absolute Gasteiger partial charge is 0.756 e. The quantitative estimate of drug-likeness (QED) is 0.0257. The molecule has 0 aliphatic rings. The molecule has 0 radical (unpaired) electrons. The summed E-state index contributed by atoms with van der Waals surface area (Å²) in [5.41, 5.74) is 0. The van der Waals surface area contributed by atoms with Gasteiger partial charge in [-0.2, -0.15) is 0 Å². The van der Waals surface area contributed by atoms with Crippen molar-refractivity contribution in [2.24, 2.45) is 0 Å². The third-order valence-corrected chi connectivity index (χ3v) is 12.8. The van der Waals surface area contributed by atoms with Crippen molar-refractivity contribution in [3.63, 3.8) is 0 Å². The molecule has 2 atom stereocenters. The molecule has 0 rings (SSSR count). The van der Waals surface area contributed by atoms with Gasteiger partial charge in [0, 0.05) is 12.8 Å². The molecule has 0 spiro atoms. The molecule has 0 aliphatic heterocycles. The Kier molecular flexibility index (Phi) is 43.5. The number of hydrogen-bond acceptors (Lipinski definition) is 8. The molecule has 0 aromatic heterocycles. The Morgan fingerprint density at radius 1 is 0.443 bits per heavy atom. The lowest BCUT2D eigenvalue weighted by Gasteiger charge is -2.28. The third kappa shape index (κ3) is 48.3. The average molecular weight is 888 g/mol. The average Bonchev–Trinajstić information content (AvgIpc) is 3.21. The zero-order chi connectivity index (χ0) is 45.0. The third-order valence-electron chi connectivity index (χ3n) is 11.9. The fraction of sp³-hybridized carbons (Fsp3) is 0.961. The van der Waals surface area contributed by atoms with Gasteiger partial charge in [0.1, 0.15) is 19.8 Å². The van der Waals surface area contributed by atoms with E-state index in [1.165, 1.54) is 199 Å². The van der Waals surface area contributed by atoms with Crippen LogP contribution in [0.2, 0.25) is 0 Å². The number of carbonyl (C=O) groups is 2. The molecule has 0 aliphatic carbocycles. The molecule has 0 N–H and O–H groups in total. The first-order valence-corrected chi connectivity index (χ1v) is 27.7. The van der Waals surface area contributed by atoms with Crippen LogP contribution >= 0.6 is 7.82 Å². The number of phosphoric acid groups is 1. The highest BCUT2D eigenvalue weighted by Crippen LogP contribution is 2.38. The van der Waals surface area contributed by atoms with Crippen LogP contribution in [0, 0.1) is 0 Å². The predicted octanol–water partition coefficient (Wildman–Crippen LogP) is 14.9. The molecular weight excluding hydrogens is 786 g/mol. The Morgan fingerprint density at radius 3 is 1.05 bits per heavy atom. The summed E-state index contributed by atoms with van der Waals surface area (Å²) in [6, 6.07) is 0. The summed E-state index contributed by atoms with van der Waals surface area (Å²) < 4.78 is 34.1. The lowest BCUT2D eigenvalue weighted by molar-refractivity contribution is -0.870. The van der Waals surface area contributed by atoms with Gasteiger partial charge in [-0.1, -0.05) is 239 Å².